The molecule has 5 heteroatoms. The zero-order valence-corrected chi connectivity index (χ0v) is 15.1. The molecule has 138 valence electrons. The van der Waals surface area contributed by atoms with Crippen LogP contribution in [0.5, 0.6) is 5.75 Å². The van der Waals surface area contributed by atoms with E-state index < -0.39 is 0 Å². The lowest BCUT2D eigenvalue weighted by atomic mass is 9.97. The number of aromatic nitrogens is 1. The van der Waals surface area contributed by atoms with Crippen LogP contribution >= 0.6 is 0 Å². The van der Waals surface area contributed by atoms with Gasteiger partial charge in [0.1, 0.15) is 5.75 Å². The van der Waals surface area contributed by atoms with E-state index in [1.54, 1.807) is 0 Å². The Balaban J connectivity index is 1.50. The molecule has 1 amide bonds. The van der Waals surface area contributed by atoms with Gasteiger partial charge in [0.2, 0.25) is 5.56 Å². The fourth-order valence-electron chi connectivity index (χ4n) is 3.67. The van der Waals surface area contributed by atoms with Crippen LogP contribution in [0.25, 0.3) is 10.9 Å². The van der Waals surface area contributed by atoms with Gasteiger partial charge in [0.15, 0.2) is 0 Å². The molecule has 4 rings (SSSR count). The number of nitrogens with zero attached hydrogens (tertiary/aromatic N) is 1. The summed E-state index contributed by atoms with van der Waals surface area (Å²) in [7, 11) is 0. The number of amides is 1. The third-order valence-corrected chi connectivity index (χ3v) is 5.02. The number of nitrogens with one attached hydrogen (secondary N) is 1. The summed E-state index contributed by atoms with van der Waals surface area (Å²) in [6, 6.07) is 18.6. The number of rotatable bonds is 4. The van der Waals surface area contributed by atoms with Crippen LogP contribution in [0.4, 0.5) is 0 Å². The Morgan fingerprint density at radius 1 is 1.11 bits per heavy atom. The minimum atomic E-state index is -0.252. The van der Waals surface area contributed by atoms with Gasteiger partial charge in [-0.1, -0.05) is 36.4 Å². The van der Waals surface area contributed by atoms with Crippen molar-refractivity contribution < 1.29 is 9.53 Å². The van der Waals surface area contributed by atoms with Gasteiger partial charge in [-0.05, 0) is 31.0 Å². The van der Waals surface area contributed by atoms with Crippen molar-refractivity contribution in [3.05, 3.63) is 76.6 Å². The van der Waals surface area contributed by atoms with E-state index in [2.05, 4.69) is 4.98 Å². The zero-order valence-electron chi connectivity index (χ0n) is 15.1. The lowest BCUT2D eigenvalue weighted by molar-refractivity contribution is 0.0635. The van der Waals surface area contributed by atoms with Crippen LogP contribution in [0, 0.1) is 5.92 Å². The zero-order chi connectivity index (χ0) is 18.6. The van der Waals surface area contributed by atoms with E-state index in [9.17, 15) is 9.59 Å². The molecule has 0 bridgehead atoms. The first-order valence-corrected chi connectivity index (χ1v) is 9.30. The molecule has 0 unspecified atom stereocenters. The lowest BCUT2D eigenvalue weighted by Crippen LogP contribution is -2.42. The van der Waals surface area contributed by atoms with Gasteiger partial charge in [0, 0.05) is 36.0 Å². The second-order valence-electron chi connectivity index (χ2n) is 6.98. The van der Waals surface area contributed by atoms with Crippen molar-refractivity contribution in [1.29, 1.82) is 0 Å². The average molecular weight is 362 g/mol. The monoisotopic (exact) mass is 362 g/mol. The van der Waals surface area contributed by atoms with E-state index in [4.69, 9.17) is 4.74 Å². The van der Waals surface area contributed by atoms with Gasteiger partial charge in [-0.25, -0.2) is 0 Å². The predicted octanol–water partition coefficient (Wildman–Crippen LogP) is 3.46. The molecule has 1 aliphatic rings. The molecule has 0 aliphatic carbocycles. The van der Waals surface area contributed by atoms with Crippen molar-refractivity contribution in [3.63, 3.8) is 0 Å². The maximum absolute atomic E-state index is 13.1. The van der Waals surface area contributed by atoms with Gasteiger partial charge < -0.3 is 14.6 Å². The number of para-hydroxylation sites is 2. The molecular formula is C22H22N2O3. The Morgan fingerprint density at radius 3 is 2.74 bits per heavy atom. The molecule has 1 saturated heterocycles. The Hall–Kier alpha value is -3.08. The number of carbonyl (C=O) groups is 1. The summed E-state index contributed by atoms with van der Waals surface area (Å²) in [6.07, 6.45) is 1.97. The number of carbonyl (C=O) groups excluding carboxylic acids is 1. The minimum absolute atomic E-state index is 0.0817. The topological polar surface area (TPSA) is 62.4 Å². The second-order valence-corrected chi connectivity index (χ2v) is 6.98. The highest BCUT2D eigenvalue weighted by Crippen LogP contribution is 2.22. The largest absolute Gasteiger partial charge is 0.493 e. The molecule has 0 radical (unpaired) electrons. The first-order chi connectivity index (χ1) is 13.2. The van der Waals surface area contributed by atoms with Crippen molar-refractivity contribution in [1.82, 2.24) is 9.88 Å². The molecule has 3 aromatic rings. The number of likely N-dealkylation sites (tertiary alicyclic amines) is 1. The van der Waals surface area contributed by atoms with Gasteiger partial charge in [0.05, 0.1) is 12.2 Å². The number of pyridine rings is 1. The van der Waals surface area contributed by atoms with Crippen molar-refractivity contribution in [3.8, 4) is 5.75 Å². The number of aromatic amines is 1. The highest BCUT2D eigenvalue weighted by atomic mass is 16.5. The molecule has 1 aromatic heterocycles. The van der Waals surface area contributed by atoms with E-state index in [0.29, 0.717) is 30.8 Å². The number of benzene rings is 2. The number of H-pyrrole nitrogens is 1. The molecule has 2 aromatic carbocycles. The van der Waals surface area contributed by atoms with Crippen molar-refractivity contribution >= 4 is 16.8 Å². The van der Waals surface area contributed by atoms with Crippen LogP contribution in [0.1, 0.15) is 23.2 Å². The van der Waals surface area contributed by atoms with Crippen LogP contribution in [0.3, 0.4) is 0 Å². The first kappa shape index (κ1) is 17.3. The number of hydrogen-bond donors (Lipinski definition) is 1. The van der Waals surface area contributed by atoms with Crippen LogP contribution < -0.4 is 10.3 Å². The second kappa shape index (κ2) is 7.66. The van der Waals surface area contributed by atoms with Crippen LogP contribution in [0.15, 0.2) is 65.5 Å². The summed E-state index contributed by atoms with van der Waals surface area (Å²) >= 11 is 0. The van der Waals surface area contributed by atoms with Gasteiger partial charge in [0.25, 0.3) is 5.91 Å². The molecule has 5 nitrogen and oxygen atoms in total. The fraction of sp³-hybridized carbons (Fsp3) is 0.273. The van der Waals surface area contributed by atoms with Crippen molar-refractivity contribution in [2.45, 2.75) is 12.8 Å². The average Bonchev–Trinajstić information content (AvgIpc) is 2.72. The normalized spacial score (nSPS) is 17.0. The Labute approximate surface area is 157 Å². The van der Waals surface area contributed by atoms with Crippen LogP contribution in [-0.2, 0) is 0 Å². The molecule has 27 heavy (non-hydrogen) atoms. The lowest BCUT2D eigenvalue weighted by Gasteiger charge is -2.33. The number of ether oxygens (including phenoxy) is 1. The van der Waals surface area contributed by atoms with Gasteiger partial charge in [-0.2, -0.15) is 0 Å². The minimum Gasteiger partial charge on any atom is -0.493 e. The van der Waals surface area contributed by atoms with Gasteiger partial charge >= 0.3 is 0 Å². The molecule has 0 spiro atoms. The summed E-state index contributed by atoms with van der Waals surface area (Å²) in [5.74, 6) is 1.06. The summed E-state index contributed by atoms with van der Waals surface area (Å²) < 4.78 is 5.88. The maximum atomic E-state index is 13.1. The van der Waals surface area contributed by atoms with Crippen LogP contribution in [0.2, 0.25) is 0 Å². The molecule has 1 aliphatic heterocycles. The van der Waals surface area contributed by atoms with Crippen molar-refractivity contribution in [2.75, 3.05) is 19.7 Å². The SMILES string of the molecule is O=C(c1cc(=O)[nH]c2ccccc12)N1CCC[C@H](COc2ccccc2)C1. The molecule has 0 saturated carbocycles. The van der Waals surface area contributed by atoms with E-state index >= 15 is 0 Å². The molecule has 2 heterocycles. The van der Waals surface area contributed by atoms with E-state index in [1.807, 2.05) is 59.5 Å². The predicted molar refractivity (Wildman–Crippen MR) is 105 cm³/mol. The highest BCUT2D eigenvalue weighted by molar-refractivity contribution is 6.05. The summed E-state index contributed by atoms with van der Waals surface area (Å²) in [6.45, 7) is 1.94. The summed E-state index contributed by atoms with van der Waals surface area (Å²) in [4.78, 5) is 29.7. The van der Waals surface area contributed by atoms with Gasteiger partial charge in [-0.15, -0.1) is 0 Å². The smallest absolute Gasteiger partial charge is 0.254 e. The van der Waals surface area contributed by atoms with Crippen molar-refractivity contribution in [2.24, 2.45) is 5.92 Å². The maximum Gasteiger partial charge on any atom is 0.254 e. The van der Waals surface area contributed by atoms with E-state index in [-0.39, 0.29) is 17.4 Å². The molecule has 1 atom stereocenters. The Bertz CT molecular complexity index is 997. The third kappa shape index (κ3) is 3.87. The highest BCUT2D eigenvalue weighted by Gasteiger charge is 2.26. The standard InChI is InChI=1S/C22H22N2O3/c25-21-13-19(18-10-4-5-11-20(18)23-21)22(26)24-12-6-7-16(14-24)15-27-17-8-2-1-3-9-17/h1-5,8-11,13,16H,6-7,12,14-15H2,(H,23,25)/t16-/m0/s1. The fourth-order valence-corrected chi connectivity index (χ4v) is 3.67. The number of hydrogen-bond acceptors (Lipinski definition) is 3. The Kier molecular flexibility index (Phi) is 4.92. The number of fused-ring (bicyclic) bond motifs is 1. The first-order valence-electron chi connectivity index (χ1n) is 9.30. The third-order valence-electron chi connectivity index (χ3n) is 5.02. The van der Waals surface area contributed by atoms with Gasteiger partial charge in [-0.3, -0.25) is 9.59 Å². The van der Waals surface area contributed by atoms with E-state index in [0.717, 1.165) is 24.0 Å². The van der Waals surface area contributed by atoms with E-state index in [1.165, 1.54) is 6.07 Å². The molecular weight excluding hydrogens is 340 g/mol. The van der Waals surface area contributed by atoms with Crippen LogP contribution in [-0.4, -0.2) is 35.5 Å². The Morgan fingerprint density at radius 2 is 1.89 bits per heavy atom. The summed E-state index contributed by atoms with van der Waals surface area (Å²) in [5.41, 5.74) is 0.909. The molecule has 1 N–H and O–H groups in total. The molecule has 1 fully saturated rings. The summed E-state index contributed by atoms with van der Waals surface area (Å²) in [5, 5.41) is 0.782. The quantitative estimate of drug-likeness (QED) is 0.773. The number of piperidine rings is 1.